The Balaban J connectivity index is 1.64. The number of Topliss-reactive ketones (excluding diaryl/α,β-unsaturated/α-hetero) is 1. The zero-order chi connectivity index (χ0) is 26.3. The van der Waals surface area contributed by atoms with Crippen LogP contribution in [0, 0.1) is 6.92 Å². The molecule has 1 aliphatic rings. The highest BCUT2D eigenvalue weighted by molar-refractivity contribution is 6.51. The number of benzene rings is 2. The monoisotopic (exact) mass is 493 g/mol. The molecule has 0 bridgehead atoms. The van der Waals surface area contributed by atoms with Crippen LogP contribution in [-0.4, -0.2) is 36.8 Å². The Labute approximate surface area is 214 Å². The molecule has 8 nitrogen and oxygen atoms in total. The highest BCUT2D eigenvalue weighted by atomic mass is 16.3. The molecule has 2 aromatic heterocycles. The number of hydrogen-bond donors (Lipinski definition) is 1. The molecule has 1 unspecified atom stereocenters. The van der Waals surface area contributed by atoms with Crippen LogP contribution in [-0.2, 0) is 16.6 Å². The van der Waals surface area contributed by atoms with Gasteiger partial charge in [-0.3, -0.25) is 19.2 Å². The van der Waals surface area contributed by atoms with Gasteiger partial charge in [-0.1, -0.05) is 62.4 Å². The lowest BCUT2D eigenvalue weighted by Crippen LogP contribution is -2.30. The van der Waals surface area contributed by atoms with Gasteiger partial charge in [-0.05, 0) is 42.2 Å². The van der Waals surface area contributed by atoms with Gasteiger partial charge in [-0.25, -0.2) is 0 Å². The summed E-state index contributed by atoms with van der Waals surface area (Å²) in [7, 11) is 1.85. The number of aliphatic hydroxyl groups excluding tert-OH is 1. The zero-order valence-corrected chi connectivity index (χ0v) is 21.1. The van der Waals surface area contributed by atoms with Crippen LogP contribution >= 0.6 is 0 Å². The fourth-order valence-corrected chi connectivity index (χ4v) is 4.49. The third kappa shape index (κ3) is 4.42. The maximum absolute atomic E-state index is 13.4. The molecule has 0 saturated carbocycles. The molecule has 0 aliphatic carbocycles. The Hall–Kier alpha value is -4.59. The van der Waals surface area contributed by atoms with Gasteiger partial charge in [-0.15, -0.1) is 5.10 Å². The lowest BCUT2D eigenvalue weighted by atomic mass is 9.93. The first-order chi connectivity index (χ1) is 17.7. The normalized spacial score (nSPS) is 17.1. The molecule has 2 aromatic carbocycles. The van der Waals surface area contributed by atoms with Crippen molar-refractivity contribution in [2.75, 3.05) is 4.90 Å². The summed E-state index contributed by atoms with van der Waals surface area (Å²) >= 11 is 0. The first-order valence-electron chi connectivity index (χ1n) is 12.1. The predicted molar refractivity (Wildman–Crippen MR) is 141 cm³/mol. The van der Waals surface area contributed by atoms with Crippen molar-refractivity contribution in [1.29, 1.82) is 0 Å². The largest absolute Gasteiger partial charge is 0.507 e. The topological polar surface area (TPSA) is 101 Å². The van der Waals surface area contributed by atoms with Crippen molar-refractivity contribution in [2.45, 2.75) is 32.7 Å². The van der Waals surface area contributed by atoms with Crippen LogP contribution in [0.1, 0.15) is 48.2 Å². The lowest BCUT2D eigenvalue weighted by molar-refractivity contribution is -0.132. The Bertz CT molecular complexity index is 1500. The molecule has 0 radical (unpaired) electrons. The molecule has 1 atom stereocenters. The van der Waals surface area contributed by atoms with E-state index in [4.69, 9.17) is 0 Å². The molecule has 5 rings (SSSR count). The molecule has 8 heteroatoms. The van der Waals surface area contributed by atoms with E-state index in [1.807, 2.05) is 55.7 Å². The van der Waals surface area contributed by atoms with Gasteiger partial charge >= 0.3 is 5.91 Å². The number of ketones is 1. The lowest BCUT2D eigenvalue weighted by Gasteiger charge is -2.24. The number of aryl methyl sites for hydroxylation is 2. The van der Waals surface area contributed by atoms with E-state index >= 15 is 0 Å². The van der Waals surface area contributed by atoms with Gasteiger partial charge in [0.05, 0.1) is 23.0 Å². The van der Waals surface area contributed by atoms with Crippen molar-refractivity contribution < 1.29 is 14.7 Å². The summed E-state index contributed by atoms with van der Waals surface area (Å²) < 4.78 is 1.72. The van der Waals surface area contributed by atoms with Gasteiger partial charge in [0.2, 0.25) is 0 Å². The summed E-state index contributed by atoms with van der Waals surface area (Å²) in [5.74, 6) is -1.21. The third-order valence-electron chi connectivity index (χ3n) is 6.56. The van der Waals surface area contributed by atoms with Crippen molar-refractivity contribution in [2.24, 2.45) is 7.05 Å². The second-order valence-electron chi connectivity index (χ2n) is 9.48. The van der Waals surface area contributed by atoms with Crippen LogP contribution < -0.4 is 4.90 Å². The van der Waals surface area contributed by atoms with Crippen molar-refractivity contribution in [3.63, 3.8) is 0 Å². The molecule has 3 heterocycles. The summed E-state index contributed by atoms with van der Waals surface area (Å²) in [5, 5.41) is 24.0. The number of rotatable bonds is 5. The molecule has 37 heavy (non-hydrogen) atoms. The van der Waals surface area contributed by atoms with Crippen LogP contribution in [0.5, 0.6) is 0 Å². The summed E-state index contributed by atoms with van der Waals surface area (Å²) in [6.45, 7) is 5.95. The number of nitrogens with zero attached hydrogens (tertiary/aromatic N) is 5. The summed E-state index contributed by atoms with van der Waals surface area (Å²) in [6, 6.07) is 19.2. The fourth-order valence-electron chi connectivity index (χ4n) is 4.49. The SMILES string of the molecule is Cc1ccc(N2C(=O)C(=O)C(=C(O)c3ccc(C(C)C)cc3)C2c2ccc(-c3ccn(C)n3)cc2)nn1. The molecule has 0 spiro atoms. The van der Waals surface area contributed by atoms with Gasteiger partial charge in [0.25, 0.3) is 5.78 Å². The summed E-state index contributed by atoms with van der Waals surface area (Å²) in [6.07, 6.45) is 1.86. The van der Waals surface area contributed by atoms with Crippen molar-refractivity contribution in [1.82, 2.24) is 20.0 Å². The Morgan fingerprint density at radius 1 is 0.919 bits per heavy atom. The average Bonchev–Trinajstić information content (AvgIpc) is 3.45. The van der Waals surface area contributed by atoms with Crippen molar-refractivity contribution in [3.05, 3.63) is 101 Å². The van der Waals surface area contributed by atoms with Crippen molar-refractivity contribution >= 4 is 23.3 Å². The Morgan fingerprint density at radius 3 is 2.19 bits per heavy atom. The van der Waals surface area contributed by atoms with Gasteiger partial charge < -0.3 is 5.11 Å². The minimum absolute atomic E-state index is 0.00950. The van der Waals surface area contributed by atoms with E-state index in [0.29, 0.717) is 22.7 Å². The zero-order valence-electron chi connectivity index (χ0n) is 21.1. The highest BCUT2D eigenvalue weighted by Gasteiger charge is 2.47. The van der Waals surface area contributed by atoms with Crippen LogP contribution in [0.2, 0.25) is 0 Å². The summed E-state index contributed by atoms with van der Waals surface area (Å²) in [4.78, 5) is 28.0. The molecule has 1 saturated heterocycles. The number of aliphatic hydroxyl groups is 1. The number of carbonyl (C=O) groups is 2. The van der Waals surface area contributed by atoms with E-state index in [1.54, 1.807) is 35.9 Å². The summed E-state index contributed by atoms with van der Waals surface area (Å²) in [5.41, 5.74) is 4.61. The molecular formula is C29H27N5O3. The number of hydrogen-bond acceptors (Lipinski definition) is 6. The molecular weight excluding hydrogens is 466 g/mol. The molecule has 1 fully saturated rings. The molecule has 1 amide bonds. The van der Waals surface area contributed by atoms with E-state index in [0.717, 1.165) is 16.8 Å². The van der Waals surface area contributed by atoms with Gasteiger partial charge in [0, 0.05) is 24.4 Å². The third-order valence-corrected chi connectivity index (χ3v) is 6.56. The van der Waals surface area contributed by atoms with Crippen LogP contribution in [0.3, 0.4) is 0 Å². The maximum atomic E-state index is 13.4. The van der Waals surface area contributed by atoms with Crippen molar-refractivity contribution in [3.8, 4) is 11.3 Å². The van der Waals surface area contributed by atoms with Gasteiger partial charge in [0.1, 0.15) is 5.76 Å². The average molecular weight is 494 g/mol. The first-order valence-corrected chi connectivity index (χ1v) is 12.1. The van der Waals surface area contributed by atoms with Crippen LogP contribution in [0.25, 0.3) is 17.0 Å². The smallest absolute Gasteiger partial charge is 0.301 e. The standard InChI is InChI=1S/C29H27N5O3/c1-17(2)19-6-12-22(13-7-19)27(35)25-26(21-10-8-20(9-11-21)23-15-16-33(4)32-23)34(29(37)28(25)36)24-14-5-18(3)30-31-24/h5-17,26,35H,1-4H3. The number of anilines is 1. The number of aromatic nitrogens is 4. The highest BCUT2D eigenvalue weighted by Crippen LogP contribution is 2.42. The number of amides is 1. The predicted octanol–water partition coefficient (Wildman–Crippen LogP) is 4.94. The van der Waals surface area contributed by atoms with Crippen LogP contribution in [0.15, 0.2) is 78.5 Å². The second-order valence-corrected chi connectivity index (χ2v) is 9.48. The number of carbonyl (C=O) groups excluding carboxylic acids is 2. The second kappa shape index (κ2) is 9.46. The van der Waals surface area contributed by atoms with E-state index in [9.17, 15) is 14.7 Å². The quantitative estimate of drug-likeness (QED) is 0.240. The molecule has 1 N–H and O–H groups in total. The Morgan fingerprint density at radius 2 is 1.62 bits per heavy atom. The van der Waals surface area contributed by atoms with Gasteiger partial charge in [-0.2, -0.15) is 10.2 Å². The minimum Gasteiger partial charge on any atom is -0.507 e. The van der Waals surface area contributed by atoms with E-state index < -0.39 is 17.7 Å². The Kier molecular flexibility index (Phi) is 6.17. The molecule has 4 aromatic rings. The van der Waals surface area contributed by atoms with E-state index in [2.05, 4.69) is 29.1 Å². The molecule has 1 aliphatic heterocycles. The van der Waals surface area contributed by atoms with Crippen LogP contribution in [0.4, 0.5) is 5.82 Å². The van der Waals surface area contributed by atoms with E-state index in [1.165, 1.54) is 4.90 Å². The minimum atomic E-state index is -0.875. The fraction of sp³-hybridized carbons (Fsp3) is 0.207. The maximum Gasteiger partial charge on any atom is 0.301 e. The van der Waals surface area contributed by atoms with E-state index in [-0.39, 0.29) is 17.2 Å². The first kappa shape index (κ1) is 24.1. The molecule has 186 valence electrons. The van der Waals surface area contributed by atoms with Gasteiger partial charge in [0.15, 0.2) is 5.82 Å².